The minimum Gasteiger partial charge on any atom is -0.359 e. The quantitative estimate of drug-likeness (QED) is 0.707. The number of hydrogen-bond donors (Lipinski definition) is 1. The van der Waals surface area contributed by atoms with Gasteiger partial charge in [-0.3, -0.25) is 4.79 Å². The molecule has 1 saturated heterocycles. The van der Waals surface area contributed by atoms with E-state index in [2.05, 4.69) is 0 Å². The van der Waals surface area contributed by atoms with Gasteiger partial charge in [0.05, 0.1) is 18.2 Å². The molecule has 88 valence electrons. The lowest BCUT2D eigenvalue weighted by molar-refractivity contribution is -0.139. The van der Waals surface area contributed by atoms with Crippen LogP contribution >= 0.6 is 0 Å². The molecule has 2 N–H and O–H groups in total. The highest BCUT2D eigenvalue weighted by molar-refractivity contribution is 5.83. The molecule has 1 aliphatic rings. The number of carbonyl (C=O) groups is 1. The SMILES string of the molecule is CC(C)(C)C(N)C(=O)N1COCC1(C)C. The average Bonchev–Trinajstić information content (AvgIpc) is 2.41. The smallest absolute Gasteiger partial charge is 0.242 e. The van der Waals surface area contributed by atoms with Crippen molar-refractivity contribution in [3.8, 4) is 0 Å². The molecule has 1 aliphatic heterocycles. The number of ether oxygens (including phenoxy) is 1. The van der Waals surface area contributed by atoms with Gasteiger partial charge in [0, 0.05) is 0 Å². The van der Waals surface area contributed by atoms with Gasteiger partial charge in [0.15, 0.2) is 0 Å². The van der Waals surface area contributed by atoms with Crippen LogP contribution in [0.4, 0.5) is 0 Å². The van der Waals surface area contributed by atoms with Crippen molar-refractivity contribution in [3.63, 3.8) is 0 Å². The van der Waals surface area contributed by atoms with E-state index in [9.17, 15) is 4.79 Å². The summed E-state index contributed by atoms with van der Waals surface area (Å²) in [6.45, 7) is 10.8. The lowest BCUT2D eigenvalue weighted by Gasteiger charge is -2.35. The van der Waals surface area contributed by atoms with E-state index in [1.54, 1.807) is 4.90 Å². The molecule has 1 unspecified atom stereocenters. The van der Waals surface area contributed by atoms with Crippen molar-refractivity contribution < 1.29 is 9.53 Å². The van der Waals surface area contributed by atoms with Crippen LogP contribution < -0.4 is 5.73 Å². The summed E-state index contributed by atoms with van der Waals surface area (Å²) in [5.74, 6) is -0.0231. The molecule has 15 heavy (non-hydrogen) atoms. The maximum atomic E-state index is 12.1. The van der Waals surface area contributed by atoms with E-state index >= 15 is 0 Å². The molecule has 0 radical (unpaired) electrons. The highest BCUT2D eigenvalue weighted by atomic mass is 16.5. The summed E-state index contributed by atoms with van der Waals surface area (Å²) >= 11 is 0. The second kappa shape index (κ2) is 3.76. The molecule has 1 amide bonds. The van der Waals surface area contributed by atoms with Gasteiger partial charge < -0.3 is 15.4 Å². The van der Waals surface area contributed by atoms with E-state index in [4.69, 9.17) is 10.5 Å². The van der Waals surface area contributed by atoms with Gasteiger partial charge in [-0.25, -0.2) is 0 Å². The van der Waals surface area contributed by atoms with Crippen LogP contribution in [-0.2, 0) is 9.53 Å². The minimum atomic E-state index is -0.474. The van der Waals surface area contributed by atoms with Crippen LogP contribution in [0.5, 0.6) is 0 Å². The van der Waals surface area contributed by atoms with Crippen molar-refractivity contribution in [2.45, 2.75) is 46.2 Å². The Labute approximate surface area is 91.8 Å². The van der Waals surface area contributed by atoms with E-state index in [0.717, 1.165) is 0 Å². The number of rotatable bonds is 1. The van der Waals surface area contributed by atoms with Gasteiger partial charge >= 0.3 is 0 Å². The van der Waals surface area contributed by atoms with Crippen molar-refractivity contribution in [2.24, 2.45) is 11.1 Å². The van der Waals surface area contributed by atoms with Gasteiger partial charge in [-0.1, -0.05) is 20.8 Å². The number of nitrogens with two attached hydrogens (primary N) is 1. The fourth-order valence-corrected chi connectivity index (χ4v) is 1.54. The summed E-state index contributed by atoms with van der Waals surface area (Å²) in [5.41, 5.74) is 5.50. The monoisotopic (exact) mass is 214 g/mol. The molecule has 1 rings (SSSR count). The van der Waals surface area contributed by atoms with Crippen molar-refractivity contribution in [1.29, 1.82) is 0 Å². The lowest BCUT2D eigenvalue weighted by Crippen LogP contribution is -2.55. The Morgan fingerprint density at radius 2 is 2.00 bits per heavy atom. The summed E-state index contributed by atoms with van der Waals surface area (Å²) in [7, 11) is 0. The Morgan fingerprint density at radius 3 is 2.33 bits per heavy atom. The predicted molar refractivity (Wildman–Crippen MR) is 59.2 cm³/mol. The van der Waals surface area contributed by atoms with Gasteiger partial charge in [-0.2, -0.15) is 0 Å². The molecule has 1 atom stereocenters. The average molecular weight is 214 g/mol. The fourth-order valence-electron chi connectivity index (χ4n) is 1.54. The molecule has 4 nitrogen and oxygen atoms in total. The molecule has 0 aromatic carbocycles. The summed E-state index contributed by atoms with van der Waals surface area (Å²) < 4.78 is 5.31. The highest BCUT2D eigenvalue weighted by Crippen LogP contribution is 2.26. The molecule has 0 saturated carbocycles. The van der Waals surface area contributed by atoms with Crippen LogP contribution in [0.1, 0.15) is 34.6 Å². The first-order chi connectivity index (χ1) is 6.66. The second-order valence-corrected chi connectivity index (χ2v) is 5.90. The molecule has 0 spiro atoms. The molecular formula is C11H22N2O2. The predicted octanol–water partition coefficient (Wildman–Crippen LogP) is 0.955. The molecule has 1 heterocycles. The first-order valence-electron chi connectivity index (χ1n) is 5.31. The highest BCUT2D eigenvalue weighted by Gasteiger charge is 2.41. The standard InChI is InChI=1S/C11H22N2O2/c1-10(2,3)8(12)9(14)13-7-15-6-11(13,4)5/h8H,6-7,12H2,1-5H3. The zero-order valence-electron chi connectivity index (χ0n) is 10.3. The summed E-state index contributed by atoms with van der Waals surface area (Å²) in [6.07, 6.45) is 0. The zero-order valence-corrected chi connectivity index (χ0v) is 10.3. The lowest BCUT2D eigenvalue weighted by atomic mass is 9.86. The third kappa shape index (κ3) is 2.49. The van der Waals surface area contributed by atoms with Crippen molar-refractivity contribution in [2.75, 3.05) is 13.3 Å². The Hall–Kier alpha value is -0.610. The Kier molecular flexibility index (Phi) is 3.12. The van der Waals surface area contributed by atoms with Crippen LogP contribution in [0.3, 0.4) is 0 Å². The van der Waals surface area contributed by atoms with Gasteiger partial charge in [0.25, 0.3) is 0 Å². The first kappa shape index (κ1) is 12.5. The summed E-state index contributed by atoms with van der Waals surface area (Å²) in [6, 6.07) is -0.474. The van der Waals surface area contributed by atoms with Gasteiger partial charge in [-0.05, 0) is 19.3 Å². The number of amides is 1. The third-order valence-corrected chi connectivity index (χ3v) is 2.87. The van der Waals surface area contributed by atoms with Crippen LogP contribution in [0, 0.1) is 5.41 Å². The molecule has 4 heteroatoms. The van der Waals surface area contributed by atoms with E-state index < -0.39 is 6.04 Å². The fraction of sp³-hybridized carbons (Fsp3) is 0.909. The van der Waals surface area contributed by atoms with Gasteiger partial charge in [-0.15, -0.1) is 0 Å². The molecule has 0 bridgehead atoms. The Balaban J connectivity index is 2.77. The minimum absolute atomic E-state index is 0.0231. The second-order valence-electron chi connectivity index (χ2n) is 5.90. The maximum absolute atomic E-state index is 12.1. The van der Waals surface area contributed by atoms with E-state index in [1.807, 2.05) is 34.6 Å². The first-order valence-corrected chi connectivity index (χ1v) is 5.31. The van der Waals surface area contributed by atoms with E-state index in [-0.39, 0.29) is 16.9 Å². The summed E-state index contributed by atoms with van der Waals surface area (Å²) in [4.78, 5) is 13.9. The molecule has 0 aliphatic carbocycles. The van der Waals surface area contributed by atoms with Crippen molar-refractivity contribution in [3.05, 3.63) is 0 Å². The van der Waals surface area contributed by atoms with Gasteiger partial charge in [0.1, 0.15) is 6.73 Å². The normalized spacial score (nSPS) is 22.9. The molecular weight excluding hydrogens is 192 g/mol. The van der Waals surface area contributed by atoms with E-state index in [1.165, 1.54) is 0 Å². The topological polar surface area (TPSA) is 55.6 Å². The molecule has 0 aromatic rings. The third-order valence-electron chi connectivity index (χ3n) is 2.87. The van der Waals surface area contributed by atoms with Crippen LogP contribution in [0.25, 0.3) is 0 Å². The Bertz CT molecular complexity index is 256. The number of carbonyl (C=O) groups excluding carboxylic acids is 1. The molecule has 1 fully saturated rings. The van der Waals surface area contributed by atoms with Crippen molar-refractivity contribution >= 4 is 5.91 Å². The van der Waals surface area contributed by atoms with E-state index in [0.29, 0.717) is 13.3 Å². The maximum Gasteiger partial charge on any atom is 0.242 e. The van der Waals surface area contributed by atoms with Crippen LogP contribution in [-0.4, -0.2) is 35.7 Å². The largest absolute Gasteiger partial charge is 0.359 e. The number of nitrogens with zero attached hydrogens (tertiary/aromatic N) is 1. The number of hydrogen-bond acceptors (Lipinski definition) is 3. The zero-order chi connectivity index (χ0) is 11.9. The van der Waals surface area contributed by atoms with Crippen LogP contribution in [0.2, 0.25) is 0 Å². The van der Waals surface area contributed by atoms with Crippen molar-refractivity contribution in [1.82, 2.24) is 4.90 Å². The van der Waals surface area contributed by atoms with Crippen LogP contribution in [0.15, 0.2) is 0 Å². The Morgan fingerprint density at radius 1 is 1.47 bits per heavy atom. The molecule has 0 aromatic heterocycles. The summed E-state index contributed by atoms with van der Waals surface area (Å²) in [5, 5.41) is 0. The van der Waals surface area contributed by atoms with Gasteiger partial charge in [0.2, 0.25) is 5.91 Å².